The summed E-state index contributed by atoms with van der Waals surface area (Å²) in [7, 11) is 0. The Morgan fingerprint density at radius 3 is 2.80 bits per heavy atom. The van der Waals surface area contributed by atoms with Crippen LogP contribution in [-0.4, -0.2) is 12.5 Å². The van der Waals surface area contributed by atoms with Crippen LogP contribution in [0, 0.1) is 12.8 Å². The second-order valence-corrected chi connectivity index (χ2v) is 6.02. The van der Waals surface area contributed by atoms with Gasteiger partial charge in [0.15, 0.2) is 0 Å². The second kappa shape index (κ2) is 5.09. The Bertz CT molecular complexity index is 536. The van der Waals surface area contributed by atoms with Crippen molar-refractivity contribution in [3.63, 3.8) is 0 Å². The number of aryl methyl sites for hydroxylation is 1. The Kier molecular flexibility index (Phi) is 3.42. The molecule has 0 spiro atoms. The van der Waals surface area contributed by atoms with E-state index in [0.717, 1.165) is 41.7 Å². The number of hydrogen-bond acceptors (Lipinski definition) is 3. The Hall–Kier alpha value is -1.55. The first kappa shape index (κ1) is 13.4. The van der Waals surface area contributed by atoms with Gasteiger partial charge in [-0.25, -0.2) is 0 Å². The molecule has 20 heavy (non-hydrogen) atoms. The van der Waals surface area contributed by atoms with Crippen LogP contribution in [0.4, 0.5) is 0 Å². The first-order chi connectivity index (χ1) is 9.56. The average Bonchev–Trinajstić information content (AvgIpc) is 3.23. The summed E-state index contributed by atoms with van der Waals surface area (Å²) in [6.45, 7) is 4.67. The highest BCUT2D eigenvalue weighted by Gasteiger charge is 2.33. The molecule has 2 unspecified atom stereocenters. The van der Waals surface area contributed by atoms with Gasteiger partial charge in [-0.15, -0.1) is 0 Å². The fraction of sp³-hybridized carbons (Fsp3) is 0.562. The number of rotatable bonds is 3. The largest absolute Gasteiger partial charge is 0.493 e. The molecule has 1 aliphatic heterocycles. The fourth-order valence-corrected chi connectivity index (χ4v) is 2.77. The zero-order chi connectivity index (χ0) is 14.3. The highest BCUT2D eigenvalue weighted by atomic mass is 16.5. The van der Waals surface area contributed by atoms with Crippen molar-refractivity contribution >= 4 is 5.91 Å². The van der Waals surface area contributed by atoms with Gasteiger partial charge in [0, 0.05) is 23.9 Å². The smallest absolute Gasteiger partial charge is 0.223 e. The van der Waals surface area contributed by atoms with Crippen LogP contribution in [0.25, 0.3) is 0 Å². The van der Waals surface area contributed by atoms with Crippen LogP contribution < -0.4 is 15.8 Å². The zero-order valence-corrected chi connectivity index (χ0v) is 12.1. The van der Waals surface area contributed by atoms with Crippen LogP contribution in [-0.2, 0) is 4.79 Å². The van der Waals surface area contributed by atoms with E-state index in [2.05, 4.69) is 17.4 Å². The number of nitrogens with one attached hydrogen (secondary N) is 1. The van der Waals surface area contributed by atoms with Crippen LogP contribution in [0.1, 0.15) is 55.0 Å². The van der Waals surface area contributed by atoms with Crippen LogP contribution in [0.15, 0.2) is 12.1 Å². The fourth-order valence-electron chi connectivity index (χ4n) is 2.77. The molecule has 1 heterocycles. The highest BCUT2D eigenvalue weighted by Crippen LogP contribution is 2.38. The lowest BCUT2D eigenvalue weighted by Gasteiger charge is -2.29. The van der Waals surface area contributed by atoms with Gasteiger partial charge in [-0.05, 0) is 43.9 Å². The van der Waals surface area contributed by atoms with E-state index in [1.165, 1.54) is 0 Å². The third-order valence-corrected chi connectivity index (χ3v) is 4.14. The molecule has 1 saturated carbocycles. The predicted molar refractivity (Wildman–Crippen MR) is 77.5 cm³/mol. The van der Waals surface area contributed by atoms with E-state index in [-0.39, 0.29) is 23.9 Å². The Morgan fingerprint density at radius 2 is 2.15 bits per heavy atom. The van der Waals surface area contributed by atoms with Crippen molar-refractivity contribution in [3.05, 3.63) is 28.8 Å². The number of ether oxygens (including phenoxy) is 1. The molecular formula is C16H22N2O2. The van der Waals surface area contributed by atoms with Crippen molar-refractivity contribution in [1.82, 2.24) is 5.32 Å². The molecule has 1 aromatic rings. The van der Waals surface area contributed by atoms with Gasteiger partial charge in [-0.3, -0.25) is 4.79 Å². The SMILES string of the molecule is Cc1cc(C(C)N)cc2c1OCCC2NC(=O)C1CC1. The third-order valence-electron chi connectivity index (χ3n) is 4.14. The monoisotopic (exact) mass is 274 g/mol. The Labute approximate surface area is 119 Å². The number of fused-ring (bicyclic) bond motifs is 1. The summed E-state index contributed by atoms with van der Waals surface area (Å²) in [5.74, 6) is 1.34. The molecule has 2 aliphatic rings. The van der Waals surface area contributed by atoms with Crippen molar-refractivity contribution < 1.29 is 9.53 Å². The molecule has 0 saturated heterocycles. The maximum atomic E-state index is 12.0. The first-order valence-corrected chi connectivity index (χ1v) is 7.39. The molecular weight excluding hydrogens is 252 g/mol. The number of carbonyl (C=O) groups excluding carboxylic acids is 1. The summed E-state index contributed by atoms with van der Waals surface area (Å²) in [5, 5.41) is 3.17. The lowest BCUT2D eigenvalue weighted by molar-refractivity contribution is -0.123. The molecule has 1 amide bonds. The lowest BCUT2D eigenvalue weighted by atomic mass is 9.93. The lowest BCUT2D eigenvalue weighted by Crippen LogP contribution is -2.33. The van der Waals surface area contributed by atoms with Crippen LogP contribution in [0.5, 0.6) is 5.75 Å². The molecule has 3 rings (SSSR count). The number of carbonyl (C=O) groups is 1. The van der Waals surface area contributed by atoms with Crippen molar-refractivity contribution in [2.24, 2.45) is 11.7 Å². The number of benzene rings is 1. The van der Waals surface area contributed by atoms with Gasteiger partial charge < -0.3 is 15.8 Å². The van der Waals surface area contributed by atoms with E-state index in [9.17, 15) is 4.79 Å². The Morgan fingerprint density at radius 1 is 1.40 bits per heavy atom. The van der Waals surface area contributed by atoms with Crippen molar-refractivity contribution in [1.29, 1.82) is 0 Å². The molecule has 1 fully saturated rings. The van der Waals surface area contributed by atoms with Crippen LogP contribution in [0.2, 0.25) is 0 Å². The van der Waals surface area contributed by atoms with Gasteiger partial charge in [-0.2, -0.15) is 0 Å². The van der Waals surface area contributed by atoms with E-state index in [1.54, 1.807) is 0 Å². The number of amides is 1. The maximum absolute atomic E-state index is 12.0. The van der Waals surface area contributed by atoms with E-state index < -0.39 is 0 Å². The van der Waals surface area contributed by atoms with Gasteiger partial charge in [0.25, 0.3) is 0 Å². The van der Waals surface area contributed by atoms with Crippen molar-refractivity contribution in [2.45, 2.75) is 45.2 Å². The minimum atomic E-state index is -0.0132. The summed E-state index contributed by atoms with van der Waals surface area (Å²) in [5.41, 5.74) is 9.27. The molecule has 1 aliphatic carbocycles. The predicted octanol–water partition coefficient (Wildman–Crippen LogP) is 2.36. The topological polar surface area (TPSA) is 64.3 Å². The highest BCUT2D eigenvalue weighted by molar-refractivity contribution is 5.81. The summed E-state index contributed by atoms with van der Waals surface area (Å²) in [6.07, 6.45) is 2.88. The normalized spacial score (nSPS) is 22.6. The van der Waals surface area contributed by atoms with Crippen LogP contribution >= 0.6 is 0 Å². The second-order valence-electron chi connectivity index (χ2n) is 6.02. The number of hydrogen-bond donors (Lipinski definition) is 2. The molecule has 108 valence electrons. The zero-order valence-electron chi connectivity index (χ0n) is 12.1. The molecule has 2 atom stereocenters. The minimum Gasteiger partial charge on any atom is -0.493 e. The quantitative estimate of drug-likeness (QED) is 0.889. The van der Waals surface area contributed by atoms with Gasteiger partial charge in [0.1, 0.15) is 5.75 Å². The number of nitrogens with two attached hydrogens (primary N) is 1. The minimum absolute atomic E-state index is 0.0132. The molecule has 3 N–H and O–H groups in total. The van der Waals surface area contributed by atoms with Crippen LogP contribution in [0.3, 0.4) is 0 Å². The van der Waals surface area contributed by atoms with Crippen molar-refractivity contribution in [2.75, 3.05) is 6.61 Å². The molecule has 4 nitrogen and oxygen atoms in total. The van der Waals surface area contributed by atoms with Crippen molar-refractivity contribution in [3.8, 4) is 5.75 Å². The van der Waals surface area contributed by atoms with Gasteiger partial charge in [0.05, 0.1) is 12.6 Å². The summed E-state index contributed by atoms with van der Waals surface area (Å²) >= 11 is 0. The summed E-state index contributed by atoms with van der Waals surface area (Å²) in [6, 6.07) is 4.21. The van der Waals surface area contributed by atoms with E-state index in [0.29, 0.717) is 6.61 Å². The van der Waals surface area contributed by atoms with Gasteiger partial charge >= 0.3 is 0 Å². The standard InChI is InChI=1S/C16H22N2O2/c1-9-7-12(10(2)17)8-13-14(5-6-20-15(9)13)18-16(19)11-3-4-11/h7-8,10-11,14H,3-6,17H2,1-2H3,(H,18,19). The summed E-state index contributed by atoms with van der Waals surface area (Å²) in [4.78, 5) is 12.0. The molecule has 0 bridgehead atoms. The Balaban J connectivity index is 1.91. The molecule has 0 aromatic heterocycles. The molecule has 1 aromatic carbocycles. The molecule has 0 radical (unpaired) electrons. The van der Waals surface area contributed by atoms with E-state index >= 15 is 0 Å². The van der Waals surface area contributed by atoms with Gasteiger partial charge in [0.2, 0.25) is 5.91 Å². The van der Waals surface area contributed by atoms with E-state index in [4.69, 9.17) is 10.5 Å². The molecule has 4 heteroatoms. The summed E-state index contributed by atoms with van der Waals surface area (Å²) < 4.78 is 5.78. The van der Waals surface area contributed by atoms with Gasteiger partial charge in [-0.1, -0.05) is 6.07 Å². The maximum Gasteiger partial charge on any atom is 0.223 e. The average molecular weight is 274 g/mol. The van der Waals surface area contributed by atoms with E-state index in [1.807, 2.05) is 13.8 Å². The first-order valence-electron chi connectivity index (χ1n) is 7.39. The third kappa shape index (κ3) is 2.52.